The van der Waals surface area contributed by atoms with Crippen LogP contribution in [0, 0.1) is 5.82 Å². The molecule has 2 aromatic heterocycles. The van der Waals surface area contributed by atoms with E-state index in [0.717, 1.165) is 5.69 Å². The molecule has 0 bridgehead atoms. The molecule has 150 valence electrons. The minimum absolute atomic E-state index is 0.166. The number of nitrogens with one attached hydrogen (secondary N) is 1. The molecular formula is C21H17FN6O2. The van der Waals surface area contributed by atoms with Crippen molar-refractivity contribution in [2.24, 2.45) is 0 Å². The van der Waals surface area contributed by atoms with E-state index < -0.39 is 5.91 Å². The number of rotatable bonds is 6. The molecular weight excluding hydrogens is 387 g/mol. The van der Waals surface area contributed by atoms with E-state index in [4.69, 9.17) is 0 Å². The van der Waals surface area contributed by atoms with Crippen LogP contribution in [0.4, 0.5) is 4.39 Å². The fourth-order valence-corrected chi connectivity index (χ4v) is 2.80. The summed E-state index contributed by atoms with van der Waals surface area (Å²) in [5.41, 5.74) is 1.83. The first kappa shape index (κ1) is 19.2. The summed E-state index contributed by atoms with van der Waals surface area (Å²) in [4.78, 5) is 25.7. The van der Waals surface area contributed by atoms with Gasteiger partial charge in [-0.15, -0.1) is 5.10 Å². The summed E-state index contributed by atoms with van der Waals surface area (Å²) in [6.45, 7) is 0.350. The van der Waals surface area contributed by atoms with Crippen LogP contribution in [0.15, 0.2) is 77.7 Å². The predicted octanol–water partition coefficient (Wildman–Crippen LogP) is 2.06. The fraction of sp³-hybridized carbons (Fsp3) is 0.0952. The summed E-state index contributed by atoms with van der Waals surface area (Å²) in [6, 6.07) is 18.0. The minimum atomic E-state index is -0.403. The lowest BCUT2D eigenvalue weighted by molar-refractivity contribution is 0.0946. The van der Waals surface area contributed by atoms with E-state index in [1.54, 1.807) is 18.2 Å². The molecule has 1 amide bonds. The first-order valence-corrected chi connectivity index (χ1v) is 9.20. The third kappa shape index (κ3) is 4.30. The Morgan fingerprint density at radius 1 is 0.967 bits per heavy atom. The van der Waals surface area contributed by atoms with Gasteiger partial charge >= 0.3 is 0 Å². The van der Waals surface area contributed by atoms with Gasteiger partial charge in [0.05, 0.1) is 24.1 Å². The Bertz CT molecular complexity index is 1220. The number of benzene rings is 2. The van der Waals surface area contributed by atoms with Crippen LogP contribution in [0.3, 0.4) is 0 Å². The van der Waals surface area contributed by atoms with Gasteiger partial charge in [-0.05, 0) is 42.5 Å². The molecule has 4 rings (SSSR count). The van der Waals surface area contributed by atoms with Crippen molar-refractivity contribution >= 4 is 5.91 Å². The van der Waals surface area contributed by atoms with Gasteiger partial charge < -0.3 is 5.32 Å². The van der Waals surface area contributed by atoms with Gasteiger partial charge in [-0.3, -0.25) is 9.59 Å². The summed E-state index contributed by atoms with van der Waals surface area (Å²) in [5.74, 6) is -0.751. The monoisotopic (exact) mass is 404 g/mol. The van der Waals surface area contributed by atoms with Crippen LogP contribution >= 0.6 is 0 Å². The highest BCUT2D eigenvalue weighted by Gasteiger charge is 2.11. The van der Waals surface area contributed by atoms with Crippen LogP contribution in [0.5, 0.6) is 0 Å². The highest BCUT2D eigenvalue weighted by Crippen LogP contribution is 2.15. The SMILES string of the molecule is O=C(NCCn1nc(-c2ccc(F)cc2)ccc1=O)c1cnn(-c2ccccc2)n1. The van der Waals surface area contributed by atoms with Crippen molar-refractivity contribution in [3.05, 3.63) is 94.8 Å². The molecule has 0 aliphatic carbocycles. The molecule has 0 aliphatic heterocycles. The molecule has 0 aliphatic rings. The zero-order valence-electron chi connectivity index (χ0n) is 15.8. The maximum atomic E-state index is 13.1. The lowest BCUT2D eigenvalue weighted by Gasteiger charge is -2.08. The van der Waals surface area contributed by atoms with Gasteiger partial charge in [0, 0.05) is 18.2 Å². The zero-order valence-corrected chi connectivity index (χ0v) is 15.8. The lowest BCUT2D eigenvalue weighted by atomic mass is 10.1. The quantitative estimate of drug-likeness (QED) is 0.531. The number of para-hydroxylation sites is 1. The van der Waals surface area contributed by atoms with Gasteiger partial charge in [0.15, 0.2) is 5.69 Å². The maximum Gasteiger partial charge on any atom is 0.273 e. The largest absolute Gasteiger partial charge is 0.349 e. The number of aromatic nitrogens is 5. The third-order valence-corrected chi connectivity index (χ3v) is 4.33. The number of hydrogen-bond acceptors (Lipinski definition) is 5. The number of hydrogen-bond donors (Lipinski definition) is 1. The van der Waals surface area contributed by atoms with Crippen molar-refractivity contribution in [3.63, 3.8) is 0 Å². The van der Waals surface area contributed by atoms with Crippen LogP contribution in [-0.4, -0.2) is 37.2 Å². The number of halogens is 1. The lowest BCUT2D eigenvalue weighted by Crippen LogP contribution is -2.32. The average Bonchev–Trinajstić information content (AvgIpc) is 3.27. The molecule has 0 radical (unpaired) electrons. The topological polar surface area (TPSA) is 94.7 Å². The van der Waals surface area contributed by atoms with Crippen molar-refractivity contribution in [1.82, 2.24) is 30.1 Å². The summed E-state index contributed by atoms with van der Waals surface area (Å²) >= 11 is 0. The predicted molar refractivity (Wildman–Crippen MR) is 108 cm³/mol. The fourth-order valence-electron chi connectivity index (χ4n) is 2.80. The molecule has 2 heterocycles. The molecule has 0 saturated carbocycles. The molecule has 0 spiro atoms. The first-order valence-electron chi connectivity index (χ1n) is 9.20. The number of amides is 1. The molecule has 2 aromatic carbocycles. The van der Waals surface area contributed by atoms with Gasteiger partial charge in [-0.2, -0.15) is 15.0 Å². The number of carbonyl (C=O) groups is 1. The Kier molecular flexibility index (Phi) is 5.42. The smallest absolute Gasteiger partial charge is 0.273 e. The van der Waals surface area contributed by atoms with Crippen molar-refractivity contribution < 1.29 is 9.18 Å². The standard InChI is InChI=1S/C21H17FN6O2/c22-16-8-6-15(7-9-16)18-10-11-20(29)27(25-18)13-12-23-21(30)19-14-24-28(26-19)17-4-2-1-3-5-17/h1-11,14H,12-13H2,(H,23,30). The molecule has 0 saturated heterocycles. The van der Waals surface area contributed by atoms with Gasteiger partial charge in [0.2, 0.25) is 0 Å². The summed E-state index contributed by atoms with van der Waals surface area (Å²) < 4.78 is 14.3. The summed E-state index contributed by atoms with van der Waals surface area (Å²) in [6.07, 6.45) is 1.38. The molecule has 1 N–H and O–H groups in total. The molecule has 0 unspecified atom stereocenters. The number of nitrogens with zero attached hydrogens (tertiary/aromatic N) is 5. The van der Waals surface area contributed by atoms with Crippen molar-refractivity contribution in [2.75, 3.05) is 6.54 Å². The van der Waals surface area contributed by atoms with E-state index in [0.29, 0.717) is 11.3 Å². The summed E-state index contributed by atoms with van der Waals surface area (Å²) in [5, 5.41) is 15.2. The maximum absolute atomic E-state index is 13.1. The zero-order chi connectivity index (χ0) is 20.9. The molecule has 0 fully saturated rings. The second-order valence-corrected chi connectivity index (χ2v) is 6.40. The average molecular weight is 404 g/mol. The van der Waals surface area contributed by atoms with E-state index in [1.165, 1.54) is 33.9 Å². The van der Waals surface area contributed by atoms with Gasteiger partial charge in [0.25, 0.3) is 11.5 Å². The summed E-state index contributed by atoms with van der Waals surface area (Å²) in [7, 11) is 0. The second kappa shape index (κ2) is 8.48. The van der Waals surface area contributed by atoms with E-state index in [-0.39, 0.29) is 30.2 Å². The molecule has 4 aromatic rings. The van der Waals surface area contributed by atoms with E-state index in [1.807, 2.05) is 30.3 Å². The minimum Gasteiger partial charge on any atom is -0.349 e. The van der Waals surface area contributed by atoms with Gasteiger partial charge in [-0.1, -0.05) is 18.2 Å². The Hall–Kier alpha value is -4.14. The highest BCUT2D eigenvalue weighted by atomic mass is 19.1. The third-order valence-electron chi connectivity index (χ3n) is 4.33. The molecule has 0 atom stereocenters. The van der Waals surface area contributed by atoms with Crippen molar-refractivity contribution in [2.45, 2.75) is 6.54 Å². The molecule has 9 heteroatoms. The molecule has 30 heavy (non-hydrogen) atoms. The Balaban J connectivity index is 1.40. The highest BCUT2D eigenvalue weighted by molar-refractivity contribution is 5.91. The first-order chi connectivity index (χ1) is 14.6. The van der Waals surface area contributed by atoms with Crippen LogP contribution in [0.1, 0.15) is 10.5 Å². The van der Waals surface area contributed by atoms with Crippen LogP contribution in [-0.2, 0) is 6.54 Å². The van der Waals surface area contributed by atoms with Crippen LogP contribution in [0.2, 0.25) is 0 Å². The Morgan fingerprint density at radius 2 is 1.73 bits per heavy atom. The van der Waals surface area contributed by atoms with Crippen LogP contribution in [0.25, 0.3) is 16.9 Å². The van der Waals surface area contributed by atoms with E-state index >= 15 is 0 Å². The normalized spacial score (nSPS) is 10.7. The van der Waals surface area contributed by atoms with Gasteiger partial charge in [0.1, 0.15) is 5.82 Å². The Labute approximate surface area is 170 Å². The van der Waals surface area contributed by atoms with E-state index in [2.05, 4.69) is 20.6 Å². The van der Waals surface area contributed by atoms with Crippen molar-refractivity contribution in [1.29, 1.82) is 0 Å². The van der Waals surface area contributed by atoms with Crippen molar-refractivity contribution in [3.8, 4) is 16.9 Å². The number of carbonyl (C=O) groups excluding carboxylic acids is 1. The van der Waals surface area contributed by atoms with Gasteiger partial charge in [-0.25, -0.2) is 9.07 Å². The van der Waals surface area contributed by atoms with E-state index in [9.17, 15) is 14.0 Å². The molecule has 8 nitrogen and oxygen atoms in total. The second-order valence-electron chi connectivity index (χ2n) is 6.40. The Morgan fingerprint density at radius 3 is 2.50 bits per heavy atom. The van der Waals surface area contributed by atoms with Crippen LogP contribution < -0.4 is 10.9 Å².